The highest BCUT2D eigenvalue weighted by molar-refractivity contribution is 7.98. The van der Waals surface area contributed by atoms with Crippen LogP contribution in [0.2, 0.25) is 0 Å². The lowest BCUT2D eigenvalue weighted by Gasteiger charge is -2.11. The fourth-order valence-electron chi connectivity index (χ4n) is 3.60. The summed E-state index contributed by atoms with van der Waals surface area (Å²) in [5.74, 6) is 0.317. The zero-order valence-electron chi connectivity index (χ0n) is 17.1. The molecular weight excluding hydrogens is 412 g/mol. The molecule has 0 aliphatic rings. The van der Waals surface area contributed by atoms with Crippen molar-refractivity contribution in [2.45, 2.75) is 19.0 Å². The Morgan fingerprint density at radius 1 is 0.871 bits per heavy atom. The van der Waals surface area contributed by atoms with Crippen LogP contribution >= 0.6 is 11.8 Å². The van der Waals surface area contributed by atoms with Crippen LogP contribution in [-0.2, 0) is 0 Å². The van der Waals surface area contributed by atoms with E-state index in [-0.39, 0.29) is 11.1 Å². The van der Waals surface area contributed by atoms with Gasteiger partial charge in [0.2, 0.25) is 11.1 Å². The van der Waals surface area contributed by atoms with Gasteiger partial charge in [0.05, 0.1) is 27.5 Å². The maximum absolute atomic E-state index is 13.3. The van der Waals surface area contributed by atoms with E-state index in [1.807, 2.05) is 38.3 Å². The second kappa shape index (κ2) is 7.21. The molecule has 0 saturated carbocycles. The molecule has 0 radical (unpaired) electrons. The minimum Gasteiger partial charge on any atom is -0.283 e. The van der Waals surface area contributed by atoms with Crippen LogP contribution in [0.1, 0.15) is 11.1 Å². The van der Waals surface area contributed by atoms with E-state index in [4.69, 9.17) is 0 Å². The Kier molecular flexibility index (Phi) is 4.48. The van der Waals surface area contributed by atoms with E-state index in [9.17, 15) is 9.59 Å². The van der Waals surface area contributed by atoms with Gasteiger partial charge in [-0.05, 0) is 55.5 Å². The Balaban J connectivity index is 1.76. The van der Waals surface area contributed by atoms with Crippen LogP contribution in [0, 0.1) is 13.8 Å². The third kappa shape index (κ3) is 3.14. The van der Waals surface area contributed by atoms with Gasteiger partial charge in [0.1, 0.15) is 0 Å². The highest BCUT2D eigenvalue weighted by Gasteiger charge is 2.14. The lowest BCUT2D eigenvalue weighted by Crippen LogP contribution is -2.21. The number of benzene rings is 1. The number of hydrogen-bond acceptors (Lipinski definition) is 6. The highest BCUT2D eigenvalue weighted by Crippen LogP contribution is 2.19. The lowest BCUT2D eigenvalue weighted by atomic mass is 10.1. The van der Waals surface area contributed by atoms with Gasteiger partial charge in [-0.2, -0.15) is 4.98 Å². The van der Waals surface area contributed by atoms with Crippen molar-refractivity contribution in [1.29, 1.82) is 0 Å². The number of nitrogens with zero attached hydrogens (tertiary/aromatic N) is 5. The van der Waals surface area contributed by atoms with Gasteiger partial charge >= 0.3 is 0 Å². The number of aryl methyl sites for hydroxylation is 2. The smallest absolute Gasteiger partial charge is 0.266 e. The van der Waals surface area contributed by atoms with Crippen LogP contribution in [0.5, 0.6) is 0 Å². The summed E-state index contributed by atoms with van der Waals surface area (Å²) in [6, 6.07) is 11.1. The molecule has 0 aliphatic carbocycles. The first-order valence-electron chi connectivity index (χ1n) is 9.58. The molecule has 154 valence electrons. The topological polar surface area (TPSA) is 98.5 Å². The van der Waals surface area contributed by atoms with E-state index in [1.165, 1.54) is 16.3 Å². The van der Waals surface area contributed by atoms with Gasteiger partial charge in [-0.1, -0.05) is 23.9 Å². The Morgan fingerprint density at radius 3 is 2.23 bits per heavy atom. The fourth-order valence-corrected chi connectivity index (χ4v) is 3.91. The van der Waals surface area contributed by atoms with E-state index in [0.29, 0.717) is 32.9 Å². The molecule has 0 amide bonds. The van der Waals surface area contributed by atoms with Crippen molar-refractivity contribution in [1.82, 2.24) is 29.3 Å². The number of pyridine rings is 3. The number of hydrogen-bond donors (Lipinski definition) is 1. The second-order valence-corrected chi connectivity index (χ2v) is 8.04. The van der Waals surface area contributed by atoms with Gasteiger partial charge in [0, 0.05) is 12.4 Å². The number of aromatic nitrogens is 6. The first-order chi connectivity index (χ1) is 15.0. The zero-order valence-corrected chi connectivity index (χ0v) is 17.9. The average Bonchev–Trinajstić information content (AvgIpc) is 3.24. The van der Waals surface area contributed by atoms with Gasteiger partial charge in [-0.25, -0.2) is 10.1 Å². The Labute approximate surface area is 180 Å². The molecule has 0 unspecified atom stereocenters. The minimum absolute atomic E-state index is 0.222. The number of fused-ring (bicyclic) bond motifs is 2. The molecule has 8 nitrogen and oxygen atoms in total. The van der Waals surface area contributed by atoms with Crippen LogP contribution in [0.15, 0.2) is 63.5 Å². The van der Waals surface area contributed by atoms with Crippen molar-refractivity contribution in [3.63, 3.8) is 0 Å². The average molecular weight is 430 g/mol. The minimum atomic E-state index is -0.322. The summed E-state index contributed by atoms with van der Waals surface area (Å²) in [6.07, 6.45) is 5.18. The van der Waals surface area contributed by atoms with E-state index >= 15 is 0 Å². The summed E-state index contributed by atoms with van der Waals surface area (Å²) in [5.41, 5.74) is 3.37. The molecule has 5 aromatic rings. The first kappa shape index (κ1) is 19.3. The normalized spacial score (nSPS) is 11.5. The van der Waals surface area contributed by atoms with Crippen LogP contribution in [-0.4, -0.2) is 35.6 Å². The third-order valence-electron chi connectivity index (χ3n) is 5.23. The van der Waals surface area contributed by atoms with Crippen LogP contribution in [0.4, 0.5) is 0 Å². The molecule has 1 aromatic carbocycles. The molecule has 31 heavy (non-hydrogen) atoms. The van der Waals surface area contributed by atoms with Crippen molar-refractivity contribution in [2.24, 2.45) is 0 Å². The largest absolute Gasteiger partial charge is 0.283 e. The van der Waals surface area contributed by atoms with Gasteiger partial charge in [0.25, 0.3) is 11.1 Å². The fraction of sp³-hybridized carbons (Fsp3) is 0.136. The maximum Gasteiger partial charge on any atom is 0.266 e. The Hall–Kier alpha value is -3.72. The number of aromatic amines is 1. The third-order valence-corrected chi connectivity index (χ3v) is 5.78. The molecule has 4 aromatic heterocycles. The van der Waals surface area contributed by atoms with Crippen molar-refractivity contribution >= 4 is 33.6 Å². The molecule has 4 heterocycles. The summed E-state index contributed by atoms with van der Waals surface area (Å²) >= 11 is 1.37. The van der Waals surface area contributed by atoms with E-state index in [2.05, 4.69) is 20.2 Å². The number of rotatable bonds is 3. The molecule has 0 saturated heterocycles. The van der Waals surface area contributed by atoms with Crippen molar-refractivity contribution < 1.29 is 0 Å². The monoisotopic (exact) mass is 430 g/mol. The summed E-state index contributed by atoms with van der Waals surface area (Å²) in [6.45, 7) is 3.95. The number of H-pyrrole nitrogens is 1. The number of nitrogens with one attached hydrogen (secondary N) is 1. The Morgan fingerprint density at radius 2 is 1.55 bits per heavy atom. The van der Waals surface area contributed by atoms with E-state index < -0.39 is 0 Å². The van der Waals surface area contributed by atoms with Crippen molar-refractivity contribution in [2.75, 3.05) is 6.26 Å². The maximum atomic E-state index is 13.3. The quantitative estimate of drug-likeness (QED) is 0.349. The molecule has 9 heteroatoms. The molecule has 0 atom stereocenters. The summed E-state index contributed by atoms with van der Waals surface area (Å²) in [4.78, 5) is 35.3. The standard InChI is InChI=1S/C22H18N6O2S/c1-12-4-5-13(2)18(10-12)27-8-6-16-14(19(27)29)11-15-17(23-16)7-9-28(20(15)30)21-24-22(31-3)26-25-21/h4-11H,1-3H3,(H,24,25,26). The predicted octanol–water partition coefficient (Wildman–Crippen LogP) is 3.15. The molecule has 0 aliphatic heterocycles. The molecule has 0 bridgehead atoms. The number of thioether (sulfide) groups is 1. The molecule has 0 fully saturated rings. The van der Waals surface area contributed by atoms with E-state index in [0.717, 1.165) is 16.8 Å². The van der Waals surface area contributed by atoms with Crippen molar-refractivity contribution in [3.05, 3.63) is 80.6 Å². The predicted molar refractivity (Wildman–Crippen MR) is 122 cm³/mol. The SMILES string of the molecule is CSc1n[nH]c(-n2ccc3nc4ccn(-c5cc(C)ccc5C)c(=O)c4cc3c2=O)n1. The summed E-state index contributed by atoms with van der Waals surface area (Å²) in [5, 5.41) is 8.08. The summed E-state index contributed by atoms with van der Waals surface area (Å²) < 4.78 is 2.97. The molecule has 0 spiro atoms. The van der Waals surface area contributed by atoms with Gasteiger partial charge in [-0.3, -0.25) is 18.7 Å². The Bertz CT molecular complexity index is 1600. The van der Waals surface area contributed by atoms with Crippen LogP contribution in [0.25, 0.3) is 33.4 Å². The molecule has 1 N–H and O–H groups in total. The van der Waals surface area contributed by atoms with Crippen LogP contribution < -0.4 is 11.1 Å². The zero-order chi connectivity index (χ0) is 21.7. The first-order valence-corrected chi connectivity index (χ1v) is 10.8. The van der Waals surface area contributed by atoms with Gasteiger partial charge < -0.3 is 0 Å². The molecule has 5 rings (SSSR count). The van der Waals surface area contributed by atoms with E-state index in [1.54, 1.807) is 35.2 Å². The van der Waals surface area contributed by atoms with Gasteiger partial charge in [-0.15, -0.1) is 5.10 Å². The molecular formula is C22H18N6O2S. The lowest BCUT2D eigenvalue weighted by molar-refractivity contribution is 0.901. The van der Waals surface area contributed by atoms with Crippen LogP contribution in [0.3, 0.4) is 0 Å². The van der Waals surface area contributed by atoms with Crippen molar-refractivity contribution in [3.8, 4) is 11.6 Å². The van der Waals surface area contributed by atoms with Gasteiger partial charge in [0.15, 0.2) is 0 Å². The highest BCUT2D eigenvalue weighted by atomic mass is 32.2. The summed E-state index contributed by atoms with van der Waals surface area (Å²) in [7, 11) is 0. The second-order valence-electron chi connectivity index (χ2n) is 7.27.